The van der Waals surface area contributed by atoms with Gasteiger partial charge in [0, 0.05) is 33.5 Å². The van der Waals surface area contributed by atoms with Crippen LogP contribution in [0, 0.1) is 5.82 Å². The molecule has 1 amide bonds. The van der Waals surface area contributed by atoms with E-state index in [-0.39, 0.29) is 17.9 Å². The molecule has 0 radical (unpaired) electrons. The van der Waals surface area contributed by atoms with E-state index in [1.165, 1.54) is 22.4 Å². The molecule has 37 heavy (non-hydrogen) atoms. The van der Waals surface area contributed by atoms with Gasteiger partial charge in [-0.15, -0.1) is 11.3 Å². The van der Waals surface area contributed by atoms with Gasteiger partial charge < -0.3 is 4.98 Å². The highest BCUT2D eigenvalue weighted by molar-refractivity contribution is 7.12. The Morgan fingerprint density at radius 1 is 1.00 bits per heavy atom. The Bertz CT molecular complexity index is 1730. The minimum Gasteiger partial charge on any atom is -0.321 e. The molecule has 0 saturated carbocycles. The largest absolute Gasteiger partial charge is 0.321 e. The summed E-state index contributed by atoms with van der Waals surface area (Å²) < 4.78 is 15.0. The number of fused-ring (bicyclic) bond motifs is 1. The summed E-state index contributed by atoms with van der Waals surface area (Å²) in [6.07, 6.45) is 0.174. The van der Waals surface area contributed by atoms with E-state index in [9.17, 15) is 14.0 Å². The minimum atomic E-state index is -0.705. The molecule has 0 bridgehead atoms. The fourth-order valence-electron chi connectivity index (χ4n) is 4.79. The first-order valence-corrected chi connectivity index (χ1v) is 12.9. The molecule has 6 rings (SSSR count). The lowest BCUT2D eigenvalue weighted by Gasteiger charge is -2.21. The van der Waals surface area contributed by atoms with E-state index in [1.54, 1.807) is 53.9 Å². The topological polar surface area (TPSA) is 65.5 Å². The summed E-state index contributed by atoms with van der Waals surface area (Å²) in [7, 11) is 0. The molecule has 0 fully saturated rings. The van der Waals surface area contributed by atoms with Gasteiger partial charge in [0.15, 0.2) is 0 Å². The number of hydrazone groups is 1. The lowest BCUT2D eigenvalue weighted by Crippen LogP contribution is -2.27. The molecular formula is C29H19ClFN3O2S. The predicted molar refractivity (Wildman–Crippen MR) is 146 cm³/mol. The fourth-order valence-corrected chi connectivity index (χ4v) is 5.62. The third-order valence-corrected chi connectivity index (χ3v) is 7.53. The highest BCUT2D eigenvalue weighted by Gasteiger charge is 2.37. The summed E-state index contributed by atoms with van der Waals surface area (Å²) in [6, 6.07) is 23.9. The van der Waals surface area contributed by atoms with Crippen LogP contribution >= 0.6 is 22.9 Å². The summed E-state index contributed by atoms with van der Waals surface area (Å²) in [5, 5.41) is 9.06. The van der Waals surface area contributed by atoms with Gasteiger partial charge in [-0.05, 0) is 41.3 Å². The second-order valence-electron chi connectivity index (χ2n) is 8.68. The Morgan fingerprint density at radius 2 is 1.78 bits per heavy atom. The third kappa shape index (κ3) is 4.16. The summed E-state index contributed by atoms with van der Waals surface area (Å²) in [4.78, 5) is 30.5. The normalized spacial score (nSPS) is 15.2. The van der Waals surface area contributed by atoms with E-state index >= 15 is 0 Å². The SMILES string of the molecule is O=C(c1cccs1)N1N=C(c2c(-c3ccccc3)c3cc(Cl)ccc3[nH]c2=O)C[C@@H]1c1ccccc1F. The van der Waals surface area contributed by atoms with E-state index in [0.717, 1.165) is 10.9 Å². The molecular weight excluding hydrogens is 509 g/mol. The molecule has 0 saturated heterocycles. The number of carbonyl (C=O) groups is 1. The van der Waals surface area contributed by atoms with Gasteiger partial charge >= 0.3 is 0 Å². The average Bonchev–Trinajstić information content (AvgIpc) is 3.60. The molecule has 0 spiro atoms. The second-order valence-corrected chi connectivity index (χ2v) is 10.1. The van der Waals surface area contributed by atoms with Crippen LogP contribution in [0.4, 0.5) is 4.39 Å². The smallest absolute Gasteiger partial charge is 0.284 e. The van der Waals surface area contributed by atoms with Gasteiger partial charge in [0.05, 0.1) is 22.2 Å². The first-order chi connectivity index (χ1) is 18.0. The predicted octanol–water partition coefficient (Wildman–Crippen LogP) is 7.04. The molecule has 5 aromatic rings. The number of amides is 1. The number of nitrogens with zero attached hydrogens (tertiary/aromatic N) is 2. The lowest BCUT2D eigenvalue weighted by atomic mass is 9.91. The number of aromatic amines is 1. The van der Waals surface area contributed by atoms with Crippen molar-refractivity contribution in [1.29, 1.82) is 0 Å². The number of carbonyl (C=O) groups excluding carboxylic acids is 1. The van der Waals surface area contributed by atoms with Gasteiger partial charge in [-0.3, -0.25) is 9.59 Å². The highest BCUT2D eigenvalue weighted by atomic mass is 35.5. The second kappa shape index (κ2) is 9.42. The molecule has 182 valence electrons. The van der Waals surface area contributed by atoms with Crippen LogP contribution in [-0.2, 0) is 0 Å². The number of nitrogens with one attached hydrogen (secondary N) is 1. The Labute approximate surface area is 220 Å². The summed E-state index contributed by atoms with van der Waals surface area (Å²) in [5.41, 5.74) is 2.84. The molecule has 1 aliphatic heterocycles. The van der Waals surface area contributed by atoms with Crippen molar-refractivity contribution in [3.05, 3.63) is 128 Å². The Kier molecular flexibility index (Phi) is 5.94. The molecule has 3 heterocycles. The molecule has 1 N–H and O–H groups in total. The monoisotopic (exact) mass is 527 g/mol. The van der Waals surface area contributed by atoms with Gasteiger partial charge in [0.1, 0.15) is 5.82 Å². The van der Waals surface area contributed by atoms with Gasteiger partial charge in [0.25, 0.3) is 11.5 Å². The Balaban J connectivity index is 1.59. The van der Waals surface area contributed by atoms with E-state index in [4.69, 9.17) is 11.6 Å². The van der Waals surface area contributed by atoms with Crippen LogP contribution in [0.25, 0.3) is 22.0 Å². The van der Waals surface area contributed by atoms with Crippen LogP contribution in [0.2, 0.25) is 5.02 Å². The van der Waals surface area contributed by atoms with Crippen LogP contribution in [-0.4, -0.2) is 21.6 Å². The maximum Gasteiger partial charge on any atom is 0.284 e. The van der Waals surface area contributed by atoms with Crippen molar-refractivity contribution in [1.82, 2.24) is 9.99 Å². The quantitative estimate of drug-likeness (QED) is 0.272. The lowest BCUT2D eigenvalue weighted by molar-refractivity contribution is 0.0713. The zero-order valence-corrected chi connectivity index (χ0v) is 20.9. The van der Waals surface area contributed by atoms with Crippen molar-refractivity contribution in [2.24, 2.45) is 5.10 Å². The summed E-state index contributed by atoms with van der Waals surface area (Å²) in [5.74, 6) is -0.782. The van der Waals surface area contributed by atoms with E-state index in [2.05, 4.69) is 10.1 Å². The third-order valence-electron chi connectivity index (χ3n) is 6.44. The van der Waals surface area contributed by atoms with Gasteiger partial charge in [-0.2, -0.15) is 5.10 Å². The molecule has 5 nitrogen and oxygen atoms in total. The molecule has 0 unspecified atom stereocenters. The van der Waals surface area contributed by atoms with Crippen molar-refractivity contribution in [2.45, 2.75) is 12.5 Å². The Hall–Kier alpha value is -4.07. The van der Waals surface area contributed by atoms with Crippen molar-refractivity contribution >= 4 is 45.5 Å². The number of rotatable bonds is 4. The molecule has 3 aromatic carbocycles. The van der Waals surface area contributed by atoms with Crippen LogP contribution < -0.4 is 5.56 Å². The molecule has 0 aliphatic carbocycles. The van der Waals surface area contributed by atoms with E-state index in [0.29, 0.717) is 37.8 Å². The van der Waals surface area contributed by atoms with Crippen molar-refractivity contribution < 1.29 is 9.18 Å². The molecule has 2 aromatic heterocycles. The number of halogens is 2. The summed E-state index contributed by atoms with van der Waals surface area (Å²) in [6.45, 7) is 0. The highest BCUT2D eigenvalue weighted by Crippen LogP contribution is 2.39. The average molecular weight is 528 g/mol. The van der Waals surface area contributed by atoms with Crippen LogP contribution in [0.1, 0.15) is 33.3 Å². The molecule has 1 aliphatic rings. The van der Waals surface area contributed by atoms with E-state index in [1.807, 2.05) is 30.3 Å². The van der Waals surface area contributed by atoms with Crippen molar-refractivity contribution in [2.75, 3.05) is 0 Å². The van der Waals surface area contributed by atoms with Crippen molar-refractivity contribution in [3.8, 4) is 11.1 Å². The maximum absolute atomic E-state index is 15.0. The van der Waals surface area contributed by atoms with Crippen LogP contribution in [0.5, 0.6) is 0 Å². The number of aromatic nitrogens is 1. The number of thiophene rings is 1. The summed E-state index contributed by atoms with van der Waals surface area (Å²) >= 11 is 7.64. The minimum absolute atomic E-state index is 0.174. The Morgan fingerprint density at radius 3 is 2.54 bits per heavy atom. The fraction of sp³-hybridized carbons (Fsp3) is 0.0690. The number of pyridine rings is 1. The van der Waals surface area contributed by atoms with Gasteiger partial charge in [0.2, 0.25) is 0 Å². The zero-order chi connectivity index (χ0) is 25.5. The van der Waals surface area contributed by atoms with E-state index < -0.39 is 11.9 Å². The number of hydrogen-bond donors (Lipinski definition) is 1. The number of benzene rings is 3. The van der Waals surface area contributed by atoms with Gasteiger partial charge in [-0.1, -0.05) is 66.2 Å². The maximum atomic E-state index is 15.0. The van der Waals surface area contributed by atoms with Gasteiger partial charge in [-0.25, -0.2) is 9.40 Å². The number of H-pyrrole nitrogens is 1. The zero-order valence-electron chi connectivity index (χ0n) is 19.3. The standard InChI is InChI=1S/C29H19ClFN3O2S/c30-18-12-13-22-20(15-18)26(17-7-2-1-3-8-17)27(28(35)32-22)23-16-24(19-9-4-5-10-21(19)31)34(33-23)29(36)25-11-6-14-37-25/h1-15,24H,16H2,(H,32,35)/t24-/m1/s1. The molecule has 1 atom stereocenters. The van der Waals surface area contributed by atoms with Crippen LogP contribution in [0.3, 0.4) is 0 Å². The first-order valence-electron chi connectivity index (χ1n) is 11.6. The van der Waals surface area contributed by atoms with Crippen LogP contribution in [0.15, 0.2) is 100 Å². The van der Waals surface area contributed by atoms with Crippen molar-refractivity contribution in [3.63, 3.8) is 0 Å². The first kappa shape index (κ1) is 23.3. The number of hydrogen-bond acceptors (Lipinski definition) is 4. The molecule has 8 heteroatoms.